The van der Waals surface area contributed by atoms with E-state index in [1.54, 1.807) is 6.92 Å². The van der Waals surface area contributed by atoms with Crippen molar-refractivity contribution in [2.24, 2.45) is 0 Å². The van der Waals surface area contributed by atoms with Crippen molar-refractivity contribution in [3.8, 4) is 17.2 Å². The van der Waals surface area contributed by atoms with Gasteiger partial charge in [-0.1, -0.05) is 6.92 Å². The predicted octanol–water partition coefficient (Wildman–Crippen LogP) is 0.646. The number of carboxylic acid groups (broad SMARTS) is 1. The fraction of sp³-hybridized carbons (Fsp3) is 0.222. The van der Waals surface area contributed by atoms with Gasteiger partial charge in [0.25, 0.3) is 0 Å². The number of aromatic hydroxyl groups is 3. The van der Waals surface area contributed by atoms with Crippen LogP contribution in [0.4, 0.5) is 5.69 Å². The first-order valence-electron chi connectivity index (χ1n) is 4.20. The van der Waals surface area contributed by atoms with Gasteiger partial charge in [0.05, 0.1) is 11.3 Å². The van der Waals surface area contributed by atoms with Crippen molar-refractivity contribution in [2.75, 3.05) is 5.73 Å². The summed E-state index contributed by atoms with van der Waals surface area (Å²) in [6.45, 7) is 1.59. The fourth-order valence-electron chi connectivity index (χ4n) is 1.37. The Hall–Kier alpha value is -2.11. The van der Waals surface area contributed by atoms with Crippen molar-refractivity contribution in [3.63, 3.8) is 0 Å². The number of carboxylic acids is 1. The molecule has 0 saturated heterocycles. The van der Waals surface area contributed by atoms with Gasteiger partial charge in [-0.2, -0.15) is 0 Å². The lowest BCUT2D eigenvalue weighted by molar-refractivity contribution is 0.0696. The third-order valence-corrected chi connectivity index (χ3v) is 2.13. The van der Waals surface area contributed by atoms with Crippen LogP contribution in [0.3, 0.4) is 0 Å². The second-order valence-electron chi connectivity index (χ2n) is 2.97. The third kappa shape index (κ3) is 1.50. The standard InChI is InChI=1S/C9H11NO5/c1-2-3-4(9(14)15)5(10)7(12)8(13)6(3)11/h11-13H,2,10H2,1H3,(H,14,15). The number of phenols is 3. The van der Waals surface area contributed by atoms with Crippen LogP contribution in [0.5, 0.6) is 17.2 Å². The van der Waals surface area contributed by atoms with Gasteiger partial charge in [-0.3, -0.25) is 0 Å². The van der Waals surface area contributed by atoms with E-state index in [2.05, 4.69) is 0 Å². The van der Waals surface area contributed by atoms with E-state index in [9.17, 15) is 20.1 Å². The molecule has 0 saturated carbocycles. The van der Waals surface area contributed by atoms with Gasteiger partial charge in [-0.25, -0.2) is 4.79 Å². The Morgan fingerprint density at radius 3 is 2.13 bits per heavy atom. The van der Waals surface area contributed by atoms with Crippen molar-refractivity contribution >= 4 is 11.7 Å². The first kappa shape index (κ1) is 11.0. The number of aromatic carboxylic acids is 1. The van der Waals surface area contributed by atoms with Gasteiger partial charge in [0.15, 0.2) is 11.5 Å². The molecule has 6 heteroatoms. The van der Waals surface area contributed by atoms with Crippen LogP contribution in [0.15, 0.2) is 0 Å². The molecule has 0 aliphatic carbocycles. The second-order valence-corrected chi connectivity index (χ2v) is 2.97. The van der Waals surface area contributed by atoms with Gasteiger partial charge >= 0.3 is 5.97 Å². The topological polar surface area (TPSA) is 124 Å². The molecule has 0 atom stereocenters. The summed E-state index contributed by atoms with van der Waals surface area (Å²) < 4.78 is 0. The molecule has 1 rings (SSSR count). The van der Waals surface area contributed by atoms with Crippen molar-refractivity contribution in [1.82, 2.24) is 0 Å². The number of nitrogens with two attached hydrogens (primary N) is 1. The molecule has 0 radical (unpaired) electrons. The molecule has 0 aromatic heterocycles. The number of carbonyl (C=O) groups is 1. The summed E-state index contributed by atoms with van der Waals surface area (Å²) in [5, 5.41) is 36.7. The highest BCUT2D eigenvalue weighted by molar-refractivity contribution is 5.99. The lowest BCUT2D eigenvalue weighted by Gasteiger charge is -2.12. The number of anilines is 1. The first-order chi connectivity index (χ1) is 6.91. The normalized spacial score (nSPS) is 10.2. The Morgan fingerprint density at radius 1 is 1.20 bits per heavy atom. The molecule has 0 heterocycles. The van der Waals surface area contributed by atoms with E-state index in [0.717, 1.165) is 0 Å². The molecule has 1 aromatic rings. The average molecular weight is 213 g/mol. The number of nitrogen functional groups attached to an aromatic ring is 1. The summed E-state index contributed by atoms with van der Waals surface area (Å²) in [6, 6.07) is 0. The van der Waals surface area contributed by atoms with E-state index in [4.69, 9.17) is 10.8 Å². The maximum Gasteiger partial charge on any atom is 0.338 e. The minimum absolute atomic E-state index is 0.00435. The Kier molecular flexibility index (Phi) is 2.61. The van der Waals surface area contributed by atoms with Crippen LogP contribution in [0.1, 0.15) is 22.8 Å². The predicted molar refractivity (Wildman–Crippen MR) is 52.2 cm³/mol. The summed E-state index contributed by atoms with van der Waals surface area (Å²) in [4.78, 5) is 10.8. The summed E-state index contributed by atoms with van der Waals surface area (Å²) in [5.41, 5.74) is 4.49. The van der Waals surface area contributed by atoms with Gasteiger partial charge in [0, 0.05) is 5.56 Å². The Bertz CT molecular complexity index is 427. The Balaban J connectivity index is 3.70. The largest absolute Gasteiger partial charge is 0.504 e. The van der Waals surface area contributed by atoms with Gasteiger partial charge in [0.1, 0.15) is 0 Å². The number of hydrogen-bond donors (Lipinski definition) is 5. The molecule has 82 valence electrons. The maximum atomic E-state index is 10.8. The van der Waals surface area contributed by atoms with Crippen LogP contribution in [-0.2, 0) is 6.42 Å². The number of rotatable bonds is 2. The summed E-state index contributed by atoms with van der Waals surface area (Å²) in [5.74, 6) is -3.63. The molecular formula is C9H11NO5. The van der Waals surface area contributed by atoms with E-state index in [1.807, 2.05) is 0 Å². The Labute approximate surface area is 85.2 Å². The fourth-order valence-corrected chi connectivity index (χ4v) is 1.37. The van der Waals surface area contributed by atoms with E-state index in [0.29, 0.717) is 0 Å². The molecule has 0 bridgehead atoms. The number of hydrogen-bond acceptors (Lipinski definition) is 5. The Morgan fingerprint density at radius 2 is 1.73 bits per heavy atom. The first-order valence-corrected chi connectivity index (χ1v) is 4.20. The van der Waals surface area contributed by atoms with Gasteiger partial charge in [0.2, 0.25) is 5.75 Å². The van der Waals surface area contributed by atoms with E-state index in [-0.39, 0.29) is 17.5 Å². The highest BCUT2D eigenvalue weighted by Crippen LogP contribution is 2.44. The molecule has 0 spiro atoms. The number of benzene rings is 1. The zero-order valence-corrected chi connectivity index (χ0v) is 7.98. The van der Waals surface area contributed by atoms with E-state index < -0.39 is 28.9 Å². The average Bonchev–Trinajstić information content (AvgIpc) is 2.19. The summed E-state index contributed by atoms with van der Waals surface area (Å²) in [6.07, 6.45) is 0.172. The van der Waals surface area contributed by atoms with Crippen LogP contribution in [0, 0.1) is 0 Å². The van der Waals surface area contributed by atoms with Crippen LogP contribution in [0.2, 0.25) is 0 Å². The summed E-state index contributed by atoms with van der Waals surface area (Å²) in [7, 11) is 0. The molecule has 0 aliphatic heterocycles. The molecule has 1 aromatic carbocycles. The number of phenolic OH excluding ortho intramolecular Hbond substituents is 3. The summed E-state index contributed by atoms with van der Waals surface area (Å²) >= 11 is 0. The van der Waals surface area contributed by atoms with Crippen LogP contribution >= 0.6 is 0 Å². The molecule has 6 N–H and O–H groups in total. The van der Waals surface area contributed by atoms with Crippen LogP contribution in [0.25, 0.3) is 0 Å². The minimum Gasteiger partial charge on any atom is -0.504 e. The van der Waals surface area contributed by atoms with Gasteiger partial charge in [-0.05, 0) is 6.42 Å². The quantitative estimate of drug-likeness (QED) is 0.279. The van der Waals surface area contributed by atoms with Crippen molar-refractivity contribution in [2.45, 2.75) is 13.3 Å². The van der Waals surface area contributed by atoms with Crippen LogP contribution in [-0.4, -0.2) is 26.4 Å². The SMILES string of the molecule is CCc1c(O)c(O)c(O)c(N)c1C(=O)O. The highest BCUT2D eigenvalue weighted by atomic mass is 16.4. The van der Waals surface area contributed by atoms with Crippen molar-refractivity contribution in [3.05, 3.63) is 11.1 Å². The minimum atomic E-state index is -1.37. The lowest BCUT2D eigenvalue weighted by atomic mass is 10.0. The second kappa shape index (κ2) is 3.56. The lowest BCUT2D eigenvalue weighted by Crippen LogP contribution is -2.07. The highest BCUT2D eigenvalue weighted by Gasteiger charge is 2.24. The maximum absolute atomic E-state index is 10.8. The zero-order chi connectivity index (χ0) is 11.7. The third-order valence-electron chi connectivity index (χ3n) is 2.13. The molecule has 0 aliphatic rings. The smallest absolute Gasteiger partial charge is 0.338 e. The molecule has 0 fully saturated rings. The van der Waals surface area contributed by atoms with Crippen molar-refractivity contribution < 1.29 is 25.2 Å². The molecule has 15 heavy (non-hydrogen) atoms. The molecule has 6 nitrogen and oxygen atoms in total. The van der Waals surface area contributed by atoms with E-state index >= 15 is 0 Å². The van der Waals surface area contributed by atoms with Gasteiger partial charge in [-0.15, -0.1) is 0 Å². The van der Waals surface area contributed by atoms with Crippen molar-refractivity contribution in [1.29, 1.82) is 0 Å². The molecule has 0 amide bonds. The zero-order valence-electron chi connectivity index (χ0n) is 7.98. The van der Waals surface area contributed by atoms with E-state index in [1.165, 1.54) is 0 Å². The van der Waals surface area contributed by atoms with Gasteiger partial charge < -0.3 is 26.2 Å². The molecular weight excluding hydrogens is 202 g/mol. The monoisotopic (exact) mass is 213 g/mol. The molecule has 0 unspecified atom stereocenters. The van der Waals surface area contributed by atoms with Crippen LogP contribution < -0.4 is 5.73 Å².